The van der Waals surface area contributed by atoms with E-state index in [1.807, 2.05) is 19.2 Å². The van der Waals surface area contributed by atoms with E-state index in [9.17, 15) is 13.2 Å². The number of anilines is 1. The molecule has 1 aliphatic rings. The maximum atomic E-state index is 13.6. The zero-order chi connectivity index (χ0) is 23.0. The summed E-state index contributed by atoms with van der Waals surface area (Å²) in [5, 5.41) is 5.00. The topological polar surface area (TPSA) is 109 Å². The lowest BCUT2D eigenvalue weighted by atomic mass is 9.98. The minimum atomic E-state index is -3.57. The number of hydrogen-bond donors (Lipinski definition) is 1. The van der Waals surface area contributed by atoms with E-state index in [1.54, 1.807) is 15.5 Å². The molecule has 1 atom stereocenters. The lowest BCUT2D eigenvalue weighted by molar-refractivity contribution is 0.0607. The van der Waals surface area contributed by atoms with Crippen molar-refractivity contribution >= 4 is 51.4 Å². The van der Waals surface area contributed by atoms with Crippen LogP contribution in [0, 0.1) is 6.92 Å². The van der Waals surface area contributed by atoms with Crippen LogP contribution in [0.1, 0.15) is 46.9 Å². The van der Waals surface area contributed by atoms with Gasteiger partial charge in [0.25, 0.3) is 5.91 Å². The van der Waals surface area contributed by atoms with Crippen molar-refractivity contribution in [3.8, 4) is 0 Å². The molecule has 1 N–H and O–H groups in total. The van der Waals surface area contributed by atoms with E-state index in [-0.39, 0.29) is 23.2 Å². The number of benzene rings is 1. The highest BCUT2D eigenvalue weighted by molar-refractivity contribution is 7.92. The lowest BCUT2D eigenvalue weighted by Crippen LogP contribution is -2.39. The standard InChI is InChI=1S/C21H23ClN6O3S/c1-13-12-28-19(24-20(13)23-2)11-17(25-28)18-6-4-5-9-27(18)21(29)15-10-14(22)7-8-16(15)26-32(3,30)31/h7-8,10-12,18,26H,2,4-6,9H2,1,3H3/t18-/m0/s1. The fraction of sp³-hybridized carbons (Fsp3) is 0.333. The minimum absolute atomic E-state index is 0.195. The van der Waals surface area contributed by atoms with Crippen LogP contribution >= 0.6 is 11.6 Å². The minimum Gasteiger partial charge on any atom is -0.330 e. The second kappa shape index (κ2) is 8.51. The number of rotatable bonds is 5. The molecule has 0 aliphatic carbocycles. The molecule has 0 bridgehead atoms. The van der Waals surface area contributed by atoms with Gasteiger partial charge >= 0.3 is 0 Å². The summed E-state index contributed by atoms with van der Waals surface area (Å²) in [7, 11) is -3.57. The van der Waals surface area contributed by atoms with Crippen LogP contribution in [0.3, 0.4) is 0 Å². The summed E-state index contributed by atoms with van der Waals surface area (Å²) < 4.78 is 27.7. The fourth-order valence-electron chi connectivity index (χ4n) is 3.96. The lowest BCUT2D eigenvalue weighted by Gasteiger charge is -2.35. The number of nitrogens with one attached hydrogen (secondary N) is 1. The number of fused-ring (bicyclic) bond motifs is 1. The summed E-state index contributed by atoms with van der Waals surface area (Å²) in [4.78, 5) is 23.7. The summed E-state index contributed by atoms with van der Waals surface area (Å²) in [6.07, 6.45) is 5.38. The number of carbonyl (C=O) groups excluding carboxylic acids is 1. The van der Waals surface area contributed by atoms with Crippen LogP contribution in [-0.4, -0.2) is 53.3 Å². The van der Waals surface area contributed by atoms with Crippen molar-refractivity contribution in [1.29, 1.82) is 0 Å². The highest BCUT2D eigenvalue weighted by atomic mass is 35.5. The van der Waals surface area contributed by atoms with E-state index in [4.69, 9.17) is 11.6 Å². The van der Waals surface area contributed by atoms with Crippen molar-refractivity contribution in [2.75, 3.05) is 17.5 Å². The molecule has 2 aromatic heterocycles. The molecule has 4 rings (SSSR count). The Kier molecular flexibility index (Phi) is 5.91. The molecule has 168 valence electrons. The van der Waals surface area contributed by atoms with Crippen LogP contribution in [0.15, 0.2) is 35.5 Å². The summed E-state index contributed by atoms with van der Waals surface area (Å²) >= 11 is 6.14. The van der Waals surface area contributed by atoms with E-state index < -0.39 is 10.0 Å². The number of piperidine rings is 1. The summed E-state index contributed by atoms with van der Waals surface area (Å²) in [5.74, 6) is 0.230. The van der Waals surface area contributed by atoms with Crippen LogP contribution in [-0.2, 0) is 10.0 Å². The summed E-state index contributed by atoms with van der Waals surface area (Å²) in [6, 6.07) is 6.10. The Morgan fingerprint density at radius 3 is 2.81 bits per heavy atom. The number of aliphatic imine (C=N–C) groups is 1. The number of amides is 1. The maximum absolute atomic E-state index is 13.6. The number of hydrogen-bond acceptors (Lipinski definition) is 6. The van der Waals surface area contributed by atoms with Gasteiger partial charge in [-0.1, -0.05) is 11.6 Å². The molecule has 0 spiro atoms. The third-order valence-electron chi connectivity index (χ3n) is 5.39. The molecule has 11 heteroatoms. The number of carbonyl (C=O) groups is 1. The van der Waals surface area contributed by atoms with Gasteiger partial charge in [0.05, 0.1) is 29.2 Å². The van der Waals surface area contributed by atoms with E-state index in [0.29, 0.717) is 28.7 Å². The van der Waals surface area contributed by atoms with E-state index in [2.05, 4.69) is 26.5 Å². The van der Waals surface area contributed by atoms with Gasteiger partial charge in [0.15, 0.2) is 11.5 Å². The van der Waals surface area contributed by atoms with Gasteiger partial charge in [0, 0.05) is 29.4 Å². The average molecular weight is 475 g/mol. The van der Waals surface area contributed by atoms with Crippen molar-refractivity contribution in [3.05, 3.63) is 52.3 Å². The predicted molar refractivity (Wildman–Crippen MR) is 124 cm³/mol. The van der Waals surface area contributed by atoms with Gasteiger partial charge in [0.2, 0.25) is 10.0 Å². The maximum Gasteiger partial charge on any atom is 0.256 e. The van der Waals surface area contributed by atoms with Gasteiger partial charge in [-0.25, -0.2) is 22.9 Å². The first-order valence-corrected chi connectivity index (χ1v) is 12.3. The molecule has 1 aliphatic heterocycles. The molecule has 0 unspecified atom stereocenters. The van der Waals surface area contributed by atoms with Crippen molar-refractivity contribution < 1.29 is 13.2 Å². The molecule has 1 saturated heterocycles. The average Bonchev–Trinajstić information content (AvgIpc) is 3.15. The quantitative estimate of drug-likeness (QED) is 0.566. The Bertz CT molecular complexity index is 1320. The SMILES string of the molecule is C=Nc1nc2cc([C@@H]3CCCCN3C(=O)c3cc(Cl)ccc3NS(C)(=O)=O)nn2cc1C. The first kappa shape index (κ1) is 22.2. The Labute approximate surface area is 191 Å². The van der Waals surface area contributed by atoms with Crippen molar-refractivity contribution in [2.24, 2.45) is 4.99 Å². The van der Waals surface area contributed by atoms with Crippen LogP contribution in [0.5, 0.6) is 0 Å². The van der Waals surface area contributed by atoms with Gasteiger partial charge in [-0.2, -0.15) is 5.10 Å². The van der Waals surface area contributed by atoms with Gasteiger partial charge in [0.1, 0.15) is 0 Å². The van der Waals surface area contributed by atoms with Crippen molar-refractivity contribution in [1.82, 2.24) is 19.5 Å². The summed E-state index contributed by atoms with van der Waals surface area (Å²) in [5.41, 5.74) is 2.57. The largest absolute Gasteiger partial charge is 0.330 e. The Morgan fingerprint density at radius 2 is 2.09 bits per heavy atom. The van der Waals surface area contributed by atoms with Gasteiger partial charge in [-0.3, -0.25) is 9.52 Å². The number of sulfonamides is 1. The Balaban J connectivity index is 1.73. The van der Waals surface area contributed by atoms with Crippen molar-refractivity contribution in [3.63, 3.8) is 0 Å². The monoisotopic (exact) mass is 474 g/mol. The fourth-order valence-corrected chi connectivity index (χ4v) is 4.71. The molecule has 32 heavy (non-hydrogen) atoms. The highest BCUT2D eigenvalue weighted by Gasteiger charge is 2.32. The molecule has 0 saturated carbocycles. The second-order valence-corrected chi connectivity index (χ2v) is 10.0. The van der Waals surface area contributed by atoms with E-state index in [0.717, 1.165) is 31.1 Å². The molecule has 3 aromatic rings. The Morgan fingerprint density at radius 1 is 1.31 bits per heavy atom. The predicted octanol–water partition coefficient (Wildman–Crippen LogP) is 3.76. The molecular weight excluding hydrogens is 452 g/mol. The normalized spacial score (nSPS) is 16.8. The van der Waals surface area contributed by atoms with Crippen LogP contribution < -0.4 is 4.72 Å². The molecular formula is C21H23ClN6O3S. The van der Waals surface area contributed by atoms with Crippen LogP contribution in [0.2, 0.25) is 5.02 Å². The molecule has 1 aromatic carbocycles. The van der Waals surface area contributed by atoms with Crippen LogP contribution in [0.4, 0.5) is 11.5 Å². The number of aromatic nitrogens is 3. The molecule has 3 heterocycles. The third kappa shape index (κ3) is 4.46. The molecule has 9 nitrogen and oxygen atoms in total. The van der Waals surface area contributed by atoms with E-state index in [1.165, 1.54) is 12.1 Å². The van der Waals surface area contributed by atoms with Crippen molar-refractivity contribution in [2.45, 2.75) is 32.2 Å². The van der Waals surface area contributed by atoms with Gasteiger partial charge in [-0.05, 0) is 51.1 Å². The number of halogens is 1. The first-order valence-electron chi connectivity index (χ1n) is 10.1. The molecule has 1 fully saturated rings. The summed E-state index contributed by atoms with van der Waals surface area (Å²) in [6.45, 7) is 5.95. The first-order chi connectivity index (χ1) is 15.2. The third-order valence-corrected chi connectivity index (χ3v) is 6.21. The Hall–Kier alpha value is -2.98. The second-order valence-electron chi connectivity index (χ2n) is 7.85. The zero-order valence-electron chi connectivity index (χ0n) is 17.7. The molecule has 0 radical (unpaired) electrons. The van der Waals surface area contributed by atoms with Gasteiger partial charge in [-0.15, -0.1) is 0 Å². The van der Waals surface area contributed by atoms with Crippen LogP contribution in [0.25, 0.3) is 5.65 Å². The molecule has 1 amide bonds. The number of nitrogens with zero attached hydrogens (tertiary/aromatic N) is 5. The van der Waals surface area contributed by atoms with E-state index >= 15 is 0 Å². The number of likely N-dealkylation sites (tertiary alicyclic amines) is 1. The number of aryl methyl sites for hydroxylation is 1. The smallest absolute Gasteiger partial charge is 0.256 e. The zero-order valence-corrected chi connectivity index (χ0v) is 19.3. The highest BCUT2D eigenvalue weighted by Crippen LogP contribution is 2.34. The van der Waals surface area contributed by atoms with Gasteiger partial charge < -0.3 is 4.90 Å².